The maximum absolute atomic E-state index is 14.5. The number of nitrogens with one attached hydrogen (secondary N) is 3. The molecular weight excluding hydrogens is 646 g/mol. The molecule has 3 heterocycles. The lowest BCUT2D eigenvalue weighted by Crippen LogP contribution is -2.57. The zero-order chi connectivity index (χ0) is 34.9. The predicted molar refractivity (Wildman–Crippen MR) is 164 cm³/mol. The normalized spacial score (nSPS) is 15.9. The second kappa shape index (κ2) is 13.0. The summed E-state index contributed by atoms with van der Waals surface area (Å²) in [5.41, 5.74) is -5.62. The first-order chi connectivity index (χ1) is 22.5. The molecule has 0 bridgehead atoms. The largest absolute Gasteiger partial charge is 0.444 e. The van der Waals surface area contributed by atoms with Crippen molar-refractivity contribution in [3.05, 3.63) is 78.1 Å². The molecule has 4 aromatic rings. The predicted octanol–water partition coefficient (Wildman–Crippen LogP) is 7.69. The standard InChI is InChI=1S/C32H32F6N6O4/c1-29(2,3)48-28(46)44-15-5-6-23(44)18-47-30(31(33,34)35,32(36,37)38)20-9-12-21(13-10-20)42-27(45)24-7-4-14-39-26(24)41-22-11-8-19-17-40-43-25(19)16-22/h4,7-14,16-17,23H,5-6,15,18H2,1-3H3,(H,39,41)(H,40,43)(H,42,45). The number of anilines is 3. The number of ether oxygens (including phenoxy) is 2. The third-order valence-electron chi connectivity index (χ3n) is 7.60. The number of halogens is 6. The first kappa shape index (κ1) is 34.5. The third-order valence-corrected chi connectivity index (χ3v) is 7.60. The van der Waals surface area contributed by atoms with E-state index in [1.165, 1.54) is 18.3 Å². The van der Waals surface area contributed by atoms with E-state index in [1.807, 2.05) is 0 Å². The number of nitrogens with zero attached hydrogens (tertiary/aromatic N) is 3. The number of benzene rings is 2. The summed E-state index contributed by atoms with van der Waals surface area (Å²) in [6, 6.07) is 10.2. The van der Waals surface area contributed by atoms with Gasteiger partial charge in [0.05, 0.1) is 29.9 Å². The minimum absolute atomic E-state index is 0.0562. The number of alkyl halides is 6. The van der Waals surface area contributed by atoms with Crippen LogP contribution in [0.25, 0.3) is 10.9 Å². The fourth-order valence-electron chi connectivity index (χ4n) is 5.35. The van der Waals surface area contributed by atoms with Gasteiger partial charge in [-0.2, -0.15) is 31.4 Å². The number of rotatable bonds is 8. The Morgan fingerprint density at radius 2 is 1.67 bits per heavy atom. The van der Waals surface area contributed by atoms with Crippen LogP contribution in [0.4, 0.5) is 48.3 Å². The number of aromatic amines is 1. The zero-order valence-corrected chi connectivity index (χ0v) is 26.0. The molecule has 0 saturated carbocycles. The summed E-state index contributed by atoms with van der Waals surface area (Å²) in [5.74, 6) is -0.571. The Kier molecular flexibility index (Phi) is 9.32. The van der Waals surface area contributed by atoms with Crippen LogP contribution in [0.15, 0.2) is 67.0 Å². The van der Waals surface area contributed by atoms with E-state index < -0.39 is 53.8 Å². The van der Waals surface area contributed by atoms with E-state index >= 15 is 0 Å². The quantitative estimate of drug-likeness (QED) is 0.163. The van der Waals surface area contributed by atoms with Gasteiger partial charge in [-0.3, -0.25) is 9.89 Å². The van der Waals surface area contributed by atoms with Crippen molar-refractivity contribution in [2.75, 3.05) is 23.8 Å². The lowest BCUT2D eigenvalue weighted by atomic mass is 9.91. The molecule has 3 N–H and O–H groups in total. The van der Waals surface area contributed by atoms with Crippen molar-refractivity contribution in [2.45, 2.75) is 63.2 Å². The Bertz CT molecular complexity index is 1750. The van der Waals surface area contributed by atoms with Gasteiger partial charge >= 0.3 is 18.4 Å². The Morgan fingerprint density at radius 3 is 2.33 bits per heavy atom. The van der Waals surface area contributed by atoms with Gasteiger partial charge < -0.3 is 25.0 Å². The van der Waals surface area contributed by atoms with Crippen LogP contribution in [0, 0.1) is 0 Å². The first-order valence-electron chi connectivity index (χ1n) is 14.8. The smallest absolute Gasteiger partial charge is 0.430 e. The average molecular weight is 679 g/mol. The molecule has 0 aliphatic carbocycles. The molecule has 2 amide bonds. The summed E-state index contributed by atoms with van der Waals surface area (Å²) in [4.78, 5) is 31.1. The summed E-state index contributed by atoms with van der Waals surface area (Å²) in [5, 5.41) is 13.1. The van der Waals surface area contributed by atoms with E-state index in [0.717, 1.165) is 27.9 Å². The molecule has 2 aromatic heterocycles. The number of amides is 2. The number of H-pyrrole nitrogens is 1. The number of fused-ring (bicyclic) bond motifs is 1. The lowest BCUT2D eigenvalue weighted by molar-refractivity contribution is -0.390. The molecular formula is C32H32F6N6O4. The van der Waals surface area contributed by atoms with Crippen LogP contribution >= 0.6 is 0 Å². The highest BCUT2D eigenvalue weighted by molar-refractivity contribution is 6.07. The van der Waals surface area contributed by atoms with Gasteiger partial charge in [-0.15, -0.1) is 0 Å². The maximum atomic E-state index is 14.5. The Labute approximate surface area is 270 Å². The van der Waals surface area contributed by atoms with Crippen molar-refractivity contribution in [2.24, 2.45) is 0 Å². The summed E-state index contributed by atoms with van der Waals surface area (Å²) in [6.07, 6.45) is -9.20. The highest BCUT2D eigenvalue weighted by Crippen LogP contribution is 2.53. The summed E-state index contributed by atoms with van der Waals surface area (Å²) < 4.78 is 97.0. The zero-order valence-electron chi connectivity index (χ0n) is 26.0. The summed E-state index contributed by atoms with van der Waals surface area (Å²) in [7, 11) is 0. The number of hydrogen-bond acceptors (Lipinski definition) is 7. The van der Waals surface area contributed by atoms with E-state index in [0.29, 0.717) is 24.2 Å². The fourth-order valence-corrected chi connectivity index (χ4v) is 5.35. The second-order valence-corrected chi connectivity index (χ2v) is 12.2. The number of carbonyl (C=O) groups excluding carboxylic acids is 2. The molecule has 1 fully saturated rings. The molecule has 5 rings (SSSR count). The maximum Gasteiger partial charge on any atom is 0.430 e. The van der Waals surface area contributed by atoms with Crippen LogP contribution in [0.5, 0.6) is 0 Å². The molecule has 1 unspecified atom stereocenters. The molecule has 2 aromatic carbocycles. The van der Waals surface area contributed by atoms with Crippen LogP contribution in [-0.2, 0) is 15.1 Å². The van der Waals surface area contributed by atoms with Crippen LogP contribution in [0.2, 0.25) is 0 Å². The highest BCUT2D eigenvalue weighted by Gasteiger charge is 2.73. The minimum atomic E-state index is -5.94. The van der Waals surface area contributed by atoms with E-state index in [2.05, 4.69) is 25.8 Å². The molecule has 48 heavy (non-hydrogen) atoms. The third kappa shape index (κ3) is 7.17. The van der Waals surface area contributed by atoms with Crippen molar-refractivity contribution in [1.82, 2.24) is 20.1 Å². The summed E-state index contributed by atoms with van der Waals surface area (Å²) >= 11 is 0. The van der Waals surface area contributed by atoms with E-state index in [-0.39, 0.29) is 30.0 Å². The number of likely N-dealkylation sites (tertiary alicyclic amines) is 1. The van der Waals surface area contributed by atoms with Crippen molar-refractivity contribution in [3.63, 3.8) is 0 Å². The van der Waals surface area contributed by atoms with Crippen LogP contribution in [-0.4, -0.2) is 69.2 Å². The lowest BCUT2D eigenvalue weighted by Gasteiger charge is -2.39. The molecule has 1 aliphatic heterocycles. The van der Waals surface area contributed by atoms with Gasteiger partial charge in [0.1, 0.15) is 11.4 Å². The van der Waals surface area contributed by atoms with Crippen molar-refractivity contribution < 1.29 is 45.4 Å². The molecule has 0 radical (unpaired) electrons. The van der Waals surface area contributed by atoms with E-state index in [9.17, 15) is 35.9 Å². The van der Waals surface area contributed by atoms with Gasteiger partial charge in [-0.1, -0.05) is 12.1 Å². The summed E-state index contributed by atoms with van der Waals surface area (Å²) in [6.45, 7) is 3.81. The molecule has 1 atom stereocenters. The average Bonchev–Trinajstić information content (AvgIpc) is 3.66. The Hall–Kier alpha value is -4.86. The van der Waals surface area contributed by atoms with Crippen molar-refractivity contribution in [1.29, 1.82) is 0 Å². The molecule has 0 spiro atoms. The Balaban J connectivity index is 1.36. The number of hydrogen-bond donors (Lipinski definition) is 3. The molecule has 16 heteroatoms. The van der Waals surface area contributed by atoms with Gasteiger partial charge in [0.2, 0.25) is 0 Å². The minimum Gasteiger partial charge on any atom is -0.444 e. The number of pyridine rings is 1. The number of carbonyl (C=O) groups is 2. The highest BCUT2D eigenvalue weighted by atomic mass is 19.4. The topological polar surface area (TPSA) is 121 Å². The van der Waals surface area contributed by atoms with Gasteiger partial charge in [-0.05, 0) is 76.1 Å². The van der Waals surface area contributed by atoms with Gasteiger partial charge in [-0.25, -0.2) is 9.78 Å². The van der Waals surface area contributed by atoms with E-state index in [1.54, 1.807) is 45.2 Å². The molecule has 1 saturated heterocycles. The van der Waals surface area contributed by atoms with Gasteiger partial charge in [0.25, 0.3) is 11.5 Å². The molecule has 1 aliphatic rings. The van der Waals surface area contributed by atoms with Crippen LogP contribution in [0.1, 0.15) is 49.5 Å². The second-order valence-electron chi connectivity index (χ2n) is 12.2. The van der Waals surface area contributed by atoms with Crippen LogP contribution < -0.4 is 10.6 Å². The first-order valence-corrected chi connectivity index (χ1v) is 14.8. The number of aromatic nitrogens is 3. The van der Waals surface area contributed by atoms with Gasteiger partial charge in [0, 0.05) is 35.1 Å². The Morgan fingerprint density at radius 1 is 0.979 bits per heavy atom. The van der Waals surface area contributed by atoms with Gasteiger partial charge in [0.15, 0.2) is 0 Å². The SMILES string of the molecule is CC(C)(C)OC(=O)N1CCCC1COC(c1ccc(NC(=O)c2cccnc2Nc2ccc3cn[nH]c3c2)cc1)(C(F)(F)F)C(F)(F)F. The molecule has 256 valence electrons. The van der Waals surface area contributed by atoms with Crippen LogP contribution in [0.3, 0.4) is 0 Å². The van der Waals surface area contributed by atoms with Crippen molar-refractivity contribution in [3.8, 4) is 0 Å². The fraction of sp³-hybridized carbons (Fsp3) is 0.375. The van der Waals surface area contributed by atoms with Crippen molar-refractivity contribution >= 4 is 40.1 Å². The monoisotopic (exact) mass is 678 g/mol. The van der Waals surface area contributed by atoms with E-state index in [4.69, 9.17) is 9.47 Å². The molecule has 10 nitrogen and oxygen atoms in total.